The molecule has 2 aromatic rings. The molecule has 3 rings (SSSR count). The van der Waals surface area contributed by atoms with Gasteiger partial charge in [0.2, 0.25) is 5.91 Å². The van der Waals surface area contributed by atoms with Gasteiger partial charge in [-0.1, -0.05) is 16.8 Å². The summed E-state index contributed by atoms with van der Waals surface area (Å²) in [5, 5.41) is 4.07. The second-order valence-electron chi connectivity index (χ2n) is 6.11. The fraction of sp³-hybridized carbons (Fsp3) is 0.389. The van der Waals surface area contributed by atoms with Crippen molar-refractivity contribution in [3.63, 3.8) is 0 Å². The van der Waals surface area contributed by atoms with Gasteiger partial charge >= 0.3 is 5.97 Å². The minimum absolute atomic E-state index is 0.0257. The smallest absolute Gasteiger partial charge is 0.311 e. The summed E-state index contributed by atoms with van der Waals surface area (Å²) in [4.78, 5) is 26.3. The van der Waals surface area contributed by atoms with Crippen LogP contribution in [0.3, 0.4) is 0 Å². The normalized spacial score (nSPS) is 16.5. The van der Waals surface area contributed by atoms with Gasteiger partial charge in [0.1, 0.15) is 11.5 Å². The van der Waals surface area contributed by atoms with Crippen LogP contribution in [0.5, 0.6) is 11.5 Å². The first-order chi connectivity index (χ1) is 12.9. The lowest BCUT2D eigenvalue weighted by molar-refractivity contribution is -0.150. The van der Waals surface area contributed by atoms with Crippen molar-refractivity contribution in [2.75, 3.05) is 25.7 Å². The van der Waals surface area contributed by atoms with Gasteiger partial charge in [0.05, 0.1) is 36.5 Å². The van der Waals surface area contributed by atoms with Crippen LogP contribution in [0.2, 0.25) is 5.02 Å². The Labute approximate surface area is 160 Å². The van der Waals surface area contributed by atoms with Crippen molar-refractivity contribution < 1.29 is 28.3 Å². The number of ether oxygens (including phenoxy) is 3. The van der Waals surface area contributed by atoms with E-state index in [4.69, 9.17) is 30.3 Å². The summed E-state index contributed by atoms with van der Waals surface area (Å²) < 4.78 is 20.8. The number of carbonyl (C=O) groups excluding carboxylic acids is 2. The largest absolute Gasteiger partial charge is 0.495 e. The Bertz CT molecular complexity index is 866. The Kier molecular flexibility index (Phi) is 5.55. The van der Waals surface area contributed by atoms with Gasteiger partial charge in [-0.3, -0.25) is 9.59 Å². The summed E-state index contributed by atoms with van der Waals surface area (Å²) in [7, 11) is 2.97. The third-order valence-corrected chi connectivity index (χ3v) is 4.53. The first-order valence-electron chi connectivity index (χ1n) is 8.23. The fourth-order valence-electron chi connectivity index (χ4n) is 2.90. The average molecular weight is 395 g/mol. The molecule has 0 saturated carbocycles. The number of rotatable bonds is 6. The predicted molar refractivity (Wildman–Crippen MR) is 96.1 cm³/mol. The second-order valence-corrected chi connectivity index (χ2v) is 6.51. The van der Waals surface area contributed by atoms with Gasteiger partial charge in [-0.15, -0.1) is 0 Å². The molecule has 0 aliphatic carbocycles. The molecule has 0 bridgehead atoms. The van der Waals surface area contributed by atoms with Crippen LogP contribution in [-0.2, 0) is 20.9 Å². The molecule has 8 nitrogen and oxygen atoms in total. The van der Waals surface area contributed by atoms with Crippen molar-refractivity contribution in [1.29, 1.82) is 0 Å². The molecule has 1 aromatic heterocycles. The number of aromatic nitrogens is 1. The number of halogens is 1. The fourth-order valence-corrected chi connectivity index (χ4v) is 3.13. The molecule has 1 unspecified atom stereocenters. The first kappa shape index (κ1) is 19.0. The van der Waals surface area contributed by atoms with Crippen molar-refractivity contribution in [2.45, 2.75) is 20.0 Å². The van der Waals surface area contributed by atoms with Crippen LogP contribution >= 0.6 is 11.6 Å². The minimum Gasteiger partial charge on any atom is -0.495 e. The average Bonchev–Trinajstić information content (AvgIpc) is 3.25. The molecule has 1 aliphatic heterocycles. The second kappa shape index (κ2) is 7.87. The summed E-state index contributed by atoms with van der Waals surface area (Å²) in [6.45, 7) is 1.92. The minimum atomic E-state index is -0.591. The van der Waals surface area contributed by atoms with Crippen LogP contribution < -0.4 is 14.4 Å². The number of benzene rings is 1. The molecule has 0 spiro atoms. The number of esters is 1. The number of carbonyl (C=O) groups is 2. The van der Waals surface area contributed by atoms with Crippen LogP contribution in [0, 0.1) is 12.8 Å². The highest BCUT2D eigenvalue weighted by Crippen LogP contribution is 2.40. The lowest BCUT2D eigenvalue weighted by Crippen LogP contribution is -2.26. The summed E-state index contributed by atoms with van der Waals surface area (Å²) in [5.74, 6) is 0.0289. The van der Waals surface area contributed by atoms with Crippen LogP contribution in [-0.4, -0.2) is 37.8 Å². The topological polar surface area (TPSA) is 91.1 Å². The predicted octanol–water partition coefficient (Wildman–Crippen LogP) is 2.75. The number of aryl methyl sites for hydroxylation is 1. The third kappa shape index (κ3) is 4.00. The van der Waals surface area contributed by atoms with E-state index in [2.05, 4.69) is 5.16 Å². The molecule has 27 heavy (non-hydrogen) atoms. The van der Waals surface area contributed by atoms with Crippen LogP contribution in [0.4, 0.5) is 5.69 Å². The molecule has 0 radical (unpaired) electrons. The Balaban J connectivity index is 1.71. The van der Waals surface area contributed by atoms with Gasteiger partial charge in [0, 0.05) is 25.1 Å². The molecule has 1 fully saturated rings. The van der Waals surface area contributed by atoms with E-state index in [1.165, 1.54) is 19.1 Å². The third-order valence-electron chi connectivity index (χ3n) is 4.24. The molecule has 1 aliphatic rings. The van der Waals surface area contributed by atoms with E-state index in [0.29, 0.717) is 33.7 Å². The molecule has 1 atom stereocenters. The number of methoxy groups -OCH3 is 2. The number of anilines is 1. The van der Waals surface area contributed by atoms with Crippen molar-refractivity contribution in [3.8, 4) is 11.5 Å². The van der Waals surface area contributed by atoms with E-state index in [1.807, 2.05) is 0 Å². The lowest BCUT2D eigenvalue weighted by atomic mass is 10.1. The Morgan fingerprint density at radius 1 is 1.30 bits per heavy atom. The van der Waals surface area contributed by atoms with Gasteiger partial charge in [-0.05, 0) is 13.0 Å². The van der Waals surface area contributed by atoms with E-state index in [1.54, 1.807) is 25.1 Å². The van der Waals surface area contributed by atoms with E-state index >= 15 is 0 Å². The summed E-state index contributed by atoms with van der Waals surface area (Å²) in [5.41, 5.74) is 1.18. The maximum atomic E-state index is 12.5. The van der Waals surface area contributed by atoms with Gasteiger partial charge in [0.15, 0.2) is 12.4 Å². The highest BCUT2D eigenvalue weighted by molar-refractivity contribution is 6.32. The molecular formula is C18H19ClN2O6. The maximum Gasteiger partial charge on any atom is 0.311 e. The van der Waals surface area contributed by atoms with Crippen molar-refractivity contribution in [3.05, 3.63) is 34.7 Å². The Hall–Kier alpha value is -2.74. The summed E-state index contributed by atoms with van der Waals surface area (Å²) in [6.07, 6.45) is 0.0427. The van der Waals surface area contributed by atoms with Crippen molar-refractivity contribution in [2.24, 2.45) is 5.92 Å². The zero-order valence-electron chi connectivity index (χ0n) is 15.2. The number of amides is 1. The van der Waals surface area contributed by atoms with E-state index in [9.17, 15) is 9.59 Å². The molecule has 1 aromatic carbocycles. The van der Waals surface area contributed by atoms with E-state index in [0.717, 1.165) is 0 Å². The molecule has 1 amide bonds. The van der Waals surface area contributed by atoms with Crippen LogP contribution in [0.1, 0.15) is 17.9 Å². The highest BCUT2D eigenvalue weighted by atomic mass is 35.5. The van der Waals surface area contributed by atoms with Gasteiger partial charge < -0.3 is 23.6 Å². The Morgan fingerprint density at radius 3 is 2.67 bits per heavy atom. The van der Waals surface area contributed by atoms with Crippen LogP contribution in [0.25, 0.3) is 0 Å². The quantitative estimate of drug-likeness (QED) is 0.695. The Morgan fingerprint density at radius 2 is 2.04 bits per heavy atom. The molecule has 0 N–H and O–H groups in total. The standard InChI is InChI=1S/C18H19ClN2O6/c1-10-4-12(27-20-10)9-26-18(23)11-5-17(22)21(8-11)14-6-13(19)15(24-2)7-16(14)25-3/h4,6-7,11H,5,8-9H2,1-3H3. The zero-order chi connectivity index (χ0) is 19.6. The summed E-state index contributed by atoms with van der Waals surface area (Å²) in [6, 6.07) is 4.87. The lowest BCUT2D eigenvalue weighted by Gasteiger charge is -2.20. The SMILES string of the molecule is COc1cc(OC)c(N2CC(C(=O)OCc3cc(C)no3)CC2=O)cc1Cl. The summed E-state index contributed by atoms with van der Waals surface area (Å²) >= 11 is 6.18. The van der Waals surface area contributed by atoms with Crippen LogP contribution in [0.15, 0.2) is 22.7 Å². The van der Waals surface area contributed by atoms with Crippen molar-refractivity contribution >= 4 is 29.2 Å². The molecule has 9 heteroatoms. The van der Waals surface area contributed by atoms with Gasteiger partial charge in [0.25, 0.3) is 0 Å². The maximum absolute atomic E-state index is 12.5. The zero-order valence-corrected chi connectivity index (χ0v) is 15.9. The molecule has 2 heterocycles. The molecule has 1 saturated heterocycles. The molecular weight excluding hydrogens is 376 g/mol. The molecule has 144 valence electrons. The highest BCUT2D eigenvalue weighted by Gasteiger charge is 2.37. The van der Waals surface area contributed by atoms with E-state index in [-0.39, 0.29) is 25.5 Å². The monoisotopic (exact) mass is 394 g/mol. The number of hydrogen-bond donors (Lipinski definition) is 0. The first-order valence-corrected chi connectivity index (χ1v) is 8.61. The van der Waals surface area contributed by atoms with Crippen molar-refractivity contribution in [1.82, 2.24) is 5.16 Å². The van der Waals surface area contributed by atoms with E-state index < -0.39 is 11.9 Å². The number of hydrogen-bond acceptors (Lipinski definition) is 7. The van der Waals surface area contributed by atoms with Gasteiger partial charge in [-0.2, -0.15) is 0 Å². The van der Waals surface area contributed by atoms with Gasteiger partial charge in [-0.25, -0.2) is 0 Å². The number of nitrogens with zero attached hydrogens (tertiary/aromatic N) is 2.